The maximum atomic E-state index is 12.0. The molecule has 0 saturated heterocycles. The molecule has 3 rings (SSSR count). The SMILES string of the molecule is CCOCCn1cc(-c2cnc3[nH]cc(C=C(C#N)C(N)=O)c3c2)ccc1=O. The zero-order valence-corrected chi connectivity index (χ0v) is 15.3. The first-order valence-corrected chi connectivity index (χ1v) is 8.70. The lowest BCUT2D eigenvalue weighted by molar-refractivity contribution is -0.114. The van der Waals surface area contributed by atoms with E-state index in [-0.39, 0.29) is 11.1 Å². The number of fused-ring (bicyclic) bond motifs is 1. The van der Waals surface area contributed by atoms with Crippen LogP contribution < -0.4 is 11.3 Å². The van der Waals surface area contributed by atoms with Crippen LogP contribution in [0.15, 0.2) is 47.2 Å². The van der Waals surface area contributed by atoms with Crippen LogP contribution in [0.3, 0.4) is 0 Å². The van der Waals surface area contributed by atoms with Gasteiger partial charge in [0, 0.05) is 54.3 Å². The first-order chi connectivity index (χ1) is 13.5. The van der Waals surface area contributed by atoms with Crippen molar-refractivity contribution in [2.24, 2.45) is 5.73 Å². The Morgan fingerprint density at radius 2 is 2.25 bits per heavy atom. The van der Waals surface area contributed by atoms with Crippen molar-refractivity contribution in [1.29, 1.82) is 5.26 Å². The fourth-order valence-corrected chi connectivity index (χ4v) is 2.80. The Balaban J connectivity index is 2.02. The average Bonchev–Trinajstić information content (AvgIpc) is 3.09. The van der Waals surface area contributed by atoms with E-state index >= 15 is 0 Å². The Bertz CT molecular complexity index is 1150. The number of primary amides is 1. The number of hydrogen-bond donors (Lipinski definition) is 2. The number of rotatable bonds is 7. The average molecular weight is 377 g/mol. The molecule has 0 aliphatic rings. The van der Waals surface area contributed by atoms with Crippen LogP contribution in [0.1, 0.15) is 12.5 Å². The van der Waals surface area contributed by atoms with Gasteiger partial charge in [0.2, 0.25) is 0 Å². The number of aromatic nitrogens is 3. The van der Waals surface area contributed by atoms with E-state index in [9.17, 15) is 9.59 Å². The van der Waals surface area contributed by atoms with Crippen molar-refractivity contribution in [1.82, 2.24) is 14.5 Å². The van der Waals surface area contributed by atoms with E-state index in [0.717, 1.165) is 16.5 Å². The van der Waals surface area contributed by atoms with Crippen molar-refractivity contribution in [2.45, 2.75) is 13.5 Å². The van der Waals surface area contributed by atoms with Gasteiger partial charge in [-0.25, -0.2) is 4.98 Å². The number of hydrogen-bond acceptors (Lipinski definition) is 5. The Morgan fingerprint density at radius 3 is 2.96 bits per heavy atom. The van der Waals surface area contributed by atoms with Crippen LogP contribution in [0, 0.1) is 11.3 Å². The zero-order chi connectivity index (χ0) is 20.1. The highest BCUT2D eigenvalue weighted by Gasteiger charge is 2.10. The number of aromatic amines is 1. The van der Waals surface area contributed by atoms with E-state index < -0.39 is 5.91 Å². The zero-order valence-electron chi connectivity index (χ0n) is 15.3. The summed E-state index contributed by atoms with van der Waals surface area (Å²) in [5.74, 6) is -0.790. The minimum atomic E-state index is -0.790. The van der Waals surface area contributed by atoms with Crippen molar-refractivity contribution < 1.29 is 9.53 Å². The normalized spacial score (nSPS) is 11.5. The molecule has 0 bridgehead atoms. The van der Waals surface area contributed by atoms with E-state index in [1.165, 1.54) is 12.1 Å². The maximum absolute atomic E-state index is 12.0. The second-order valence-corrected chi connectivity index (χ2v) is 6.04. The minimum Gasteiger partial charge on any atom is -0.380 e. The fraction of sp³-hybridized carbons (Fsp3) is 0.200. The lowest BCUT2D eigenvalue weighted by atomic mass is 10.1. The summed E-state index contributed by atoms with van der Waals surface area (Å²) in [6, 6.07) is 6.91. The third-order valence-electron chi connectivity index (χ3n) is 4.25. The van der Waals surface area contributed by atoms with E-state index in [1.807, 2.05) is 13.0 Å². The second kappa shape index (κ2) is 8.33. The molecule has 0 radical (unpaired) electrons. The second-order valence-electron chi connectivity index (χ2n) is 6.04. The Hall–Kier alpha value is -3.70. The van der Waals surface area contributed by atoms with Gasteiger partial charge in [0.25, 0.3) is 11.5 Å². The number of carbonyl (C=O) groups is 1. The van der Waals surface area contributed by atoms with Gasteiger partial charge in [-0.3, -0.25) is 9.59 Å². The number of pyridine rings is 2. The molecule has 3 N–H and O–H groups in total. The van der Waals surface area contributed by atoms with Crippen LogP contribution in [0.2, 0.25) is 0 Å². The number of nitrogens with one attached hydrogen (secondary N) is 1. The number of nitriles is 1. The summed E-state index contributed by atoms with van der Waals surface area (Å²) in [4.78, 5) is 30.8. The number of ether oxygens (including phenoxy) is 1. The lowest BCUT2D eigenvalue weighted by Crippen LogP contribution is -2.21. The van der Waals surface area contributed by atoms with Gasteiger partial charge in [0.05, 0.1) is 6.61 Å². The van der Waals surface area contributed by atoms with Gasteiger partial charge in [-0.15, -0.1) is 0 Å². The minimum absolute atomic E-state index is 0.108. The molecule has 142 valence electrons. The van der Waals surface area contributed by atoms with Gasteiger partial charge in [0.1, 0.15) is 17.3 Å². The monoisotopic (exact) mass is 377 g/mol. The summed E-state index contributed by atoms with van der Waals surface area (Å²) in [6.45, 7) is 3.40. The molecule has 0 atom stereocenters. The highest BCUT2D eigenvalue weighted by atomic mass is 16.5. The Kier molecular flexibility index (Phi) is 5.67. The number of H-pyrrole nitrogens is 1. The molecule has 0 aliphatic heterocycles. The van der Waals surface area contributed by atoms with E-state index in [4.69, 9.17) is 15.7 Å². The van der Waals surface area contributed by atoms with Crippen molar-refractivity contribution >= 4 is 23.0 Å². The summed E-state index contributed by atoms with van der Waals surface area (Å²) >= 11 is 0. The van der Waals surface area contributed by atoms with E-state index in [1.54, 1.807) is 35.3 Å². The molecule has 28 heavy (non-hydrogen) atoms. The predicted molar refractivity (Wildman–Crippen MR) is 105 cm³/mol. The number of nitrogens with two attached hydrogens (primary N) is 1. The van der Waals surface area contributed by atoms with Gasteiger partial charge in [-0.05, 0) is 30.7 Å². The molecular weight excluding hydrogens is 358 g/mol. The number of carbonyl (C=O) groups excluding carboxylic acids is 1. The largest absolute Gasteiger partial charge is 0.380 e. The Morgan fingerprint density at radius 1 is 1.43 bits per heavy atom. The molecule has 3 aromatic rings. The quantitative estimate of drug-likeness (QED) is 0.369. The van der Waals surface area contributed by atoms with Crippen LogP contribution >= 0.6 is 0 Å². The van der Waals surface area contributed by atoms with Crippen molar-refractivity contribution in [2.75, 3.05) is 13.2 Å². The first-order valence-electron chi connectivity index (χ1n) is 8.70. The molecule has 0 fully saturated rings. The molecule has 8 heteroatoms. The summed E-state index contributed by atoms with van der Waals surface area (Å²) < 4.78 is 6.91. The third-order valence-corrected chi connectivity index (χ3v) is 4.25. The van der Waals surface area contributed by atoms with Crippen LogP contribution in [-0.4, -0.2) is 33.7 Å². The van der Waals surface area contributed by atoms with Crippen molar-refractivity contribution in [3.63, 3.8) is 0 Å². The highest BCUT2D eigenvalue weighted by molar-refractivity contribution is 6.03. The molecule has 3 aromatic heterocycles. The van der Waals surface area contributed by atoms with Crippen molar-refractivity contribution in [3.8, 4) is 17.2 Å². The van der Waals surface area contributed by atoms with Gasteiger partial charge < -0.3 is 20.0 Å². The standard InChI is InChI=1S/C20H19N5O3/c1-2-28-6-5-25-12-13(3-4-18(25)26)15-8-17-16(7-14(9-21)19(22)27)11-24-20(17)23-10-15/h3-4,7-8,10-12H,2,5-6H2,1H3,(H2,22,27)(H,23,24). The fourth-order valence-electron chi connectivity index (χ4n) is 2.80. The molecule has 0 spiro atoms. The Labute approximate surface area is 160 Å². The highest BCUT2D eigenvalue weighted by Crippen LogP contribution is 2.25. The summed E-state index contributed by atoms with van der Waals surface area (Å²) in [5.41, 5.74) is 7.81. The van der Waals surface area contributed by atoms with E-state index in [2.05, 4.69) is 9.97 Å². The maximum Gasteiger partial charge on any atom is 0.259 e. The topological polar surface area (TPSA) is 127 Å². The number of amides is 1. The van der Waals surface area contributed by atoms with E-state index in [0.29, 0.717) is 31.0 Å². The lowest BCUT2D eigenvalue weighted by Gasteiger charge is -2.08. The van der Waals surface area contributed by atoms with Gasteiger partial charge in [-0.1, -0.05) is 0 Å². The van der Waals surface area contributed by atoms with Crippen LogP contribution in [0.25, 0.3) is 28.2 Å². The molecule has 1 amide bonds. The third kappa shape index (κ3) is 4.00. The molecule has 0 unspecified atom stereocenters. The van der Waals surface area contributed by atoms with Gasteiger partial charge >= 0.3 is 0 Å². The predicted octanol–water partition coefficient (Wildman–Crippen LogP) is 1.82. The molecule has 0 aromatic carbocycles. The summed E-state index contributed by atoms with van der Waals surface area (Å²) in [5, 5.41) is 9.79. The van der Waals surface area contributed by atoms with Crippen LogP contribution in [-0.2, 0) is 16.1 Å². The van der Waals surface area contributed by atoms with Crippen LogP contribution in [0.4, 0.5) is 0 Å². The molecular formula is C20H19N5O3. The smallest absolute Gasteiger partial charge is 0.259 e. The van der Waals surface area contributed by atoms with Gasteiger partial charge in [-0.2, -0.15) is 5.26 Å². The summed E-state index contributed by atoms with van der Waals surface area (Å²) in [7, 11) is 0. The van der Waals surface area contributed by atoms with Gasteiger partial charge in [0.15, 0.2) is 0 Å². The van der Waals surface area contributed by atoms with Crippen molar-refractivity contribution in [3.05, 3.63) is 58.3 Å². The molecule has 8 nitrogen and oxygen atoms in total. The molecule has 0 aliphatic carbocycles. The number of nitrogens with zero attached hydrogens (tertiary/aromatic N) is 3. The molecule has 0 saturated carbocycles. The van der Waals surface area contributed by atoms with Crippen LogP contribution in [0.5, 0.6) is 0 Å². The summed E-state index contributed by atoms with van der Waals surface area (Å²) in [6.07, 6.45) is 6.54. The first kappa shape index (κ1) is 19.1. The molecule has 3 heterocycles.